The van der Waals surface area contributed by atoms with Crippen molar-refractivity contribution in [1.29, 1.82) is 0 Å². The van der Waals surface area contributed by atoms with E-state index in [0.717, 1.165) is 27.4 Å². The van der Waals surface area contributed by atoms with E-state index in [1.165, 1.54) is 77.2 Å². The molecule has 0 aliphatic carbocycles. The second kappa shape index (κ2) is 12.6. The zero-order valence-corrected chi connectivity index (χ0v) is 29.9. The summed E-state index contributed by atoms with van der Waals surface area (Å²) in [6.07, 6.45) is 3.57. The molecule has 55 heavy (non-hydrogen) atoms. The molecule has 2 aromatic heterocycles. The van der Waals surface area contributed by atoms with Crippen LogP contribution in [-0.2, 0) is 0 Å². The molecule has 9 aromatic carbocycles. The van der Waals surface area contributed by atoms with E-state index < -0.39 is 0 Å². The monoisotopic (exact) mass is 699 g/mol. The molecule has 0 N–H and O–H groups in total. The molecule has 0 unspecified atom stereocenters. The van der Waals surface area contributed by atoms with Crippen LogP contribution < -0.4 is 0 Å². The first-order valence-electron chi connectivity index (χ1n) is 18.7. The predicted octanol–water partition coefficient (Wildman–Crippen LogP) is 13.7. The van der Waals surface area contributed by atoms with Gasteiger partial charge in [0.25, 0.3) is 0 Å². The zero-order valence-electron chi connectivity index (χ0n) is 29.9. The Morgan fingerprint density at radius 1 is 0.273 bits per heavy atom. The van der Waals surface area contributed by atoms with E-state index >= 15 is 0 Å². The fraction of sp³-hybridized carbons (Fsp3) is 0. The quantitative estimate of drug-likeness (QED) is 0.167. The summed E-state index contributed by atoms with van der Waals surface area (Å²) in [5.41, 5.74) is 15.0. The topological polar surface area (TPSA) is 30.7 Å². The molecule has 0 saturated heterocycles. The van der Waals surface area contributed by atoms with Gasteiger partial charge in [0.05, 0.1) is 22.1 Å². The van der Waals surface area contributed by atoms with Crippen molar-refractivity contribution >= 4 is 54.4 Å². The van der Waals surface area contributed by atoms with Crippen LogP contribution >= 0.6 is 0 Å². The molecule has 0 aliphatic rings. The van der Waals surface area contributed by atoms with E-state index in [0.29, 0.717) is 0 Å². The highest BCUT2D eigenvalue weighted by molar-refractivity contribution is 6.23. The van der Waals surface area contributed by atoms with Crippen molar-refractivity contribution in [3.05, 3.63) is 200 Å². The summed E-state index contributed by atoms with van der Waals surface area (Å²) >= 11 is 0. The van der Waals surface area contributed by atoms with E-state index in [4.69, 9.17) is 9.97 Å². The van der Waals surface area contributed by atoms with Gasteiger partial charge in [-0.05, 0) is 104 Å². The van der Waals surface area contributed by atoms with Crippen LogP contribution in [0.4, 0.5) is 0 Å². The molecule has 0 saturated carbocycles. The van der Waals surface area contributed by atoms with Crippen LogP contribution in [0.15, 0.2) is 200 Å². The highest BCUT2D eigenvalue weighted by Gasteiger charge is 2.14. The van der Waals surface area contributed by atoms with Crippen molar-refractivity contribution < 1.29 is 0 Å². The summed E-state index contributed by atoms with van der Waals surface area (Å²) in [5.74, 6) is 0. The van der Waals surface area contributed by atoms with Crippen molar-refractivity contribution in [2.75, 3.05) is 0 Å². The molecule has 3 nitrogen and oxygen atoms in total. The van der Waals surface area contributed by atoms with Gasteiger partial charge in [-0.1, -0.05) is 140 Å². The molecule has 2 heterocycles. The second-order valence-corrected chi connectivity index (χ2v) is 14.2. The third-order valence-corrected chi connectivity index (χ3v) is 11.1. The Bertz CT molecular complexity index is 3210. The Morgan fingerprint density at radius 3 is 1.42 bits per heavy atom. The molecule has 11 aromatic rings. The van der Waals surface area contributed by atoms with Gasteiger partial charge in [0.15, 0.2) is 0 Å². The van der Waals surface area contributed by atoms with Crippen LogP contribution in [-0.4, -0.2) is 14.5 Å². The van der Waals surface area contributed by atoms with E-state index in [9.17, 15) is 0 Å². The Hall–Kier alpha value is -7.36. The van der Waals surface area contributed by atoms with Gasteiger partial charge >= 0.3 is 0 Å². The van der Waals surface area contributed by atoms with Gasteiger partial charge in [-0.15, -0.1) is 0 Å². The van der Waals surface area contributed by atoms with Crippen molar-refractivity contribution in [3.63, 3.8) is 0 Å². The summed E-state index contributed by atoms with van der Waals surface area (Å²) in [6.45, 7) is 0. The first kappa shape index (κ1) is 31.2. The normalized spacial score (nSPS) is 11.6. The summed E-state index contributed by atoms with van der Waals surface area (Å²) in [7, 11) is 0. The lowest BCUT2D eigenvalue weighted by molar-refractivity contribution is 1.18. The molecular formula is C52H33N3. The molecule has 256 valence electrons. The maximum Gasteiger partial charge on any atom is 0.0971 e. The largest absolute Gasteiger partial charge is 0.309 e. The predicted molar refractivity (Wildman–Crippen MR) is 231 cm³/mol. The zero-order chi connectivity index (χ0) is 36.3. The van der Waals surface area contributed by atoms with Gasteiger partial charge in [-0.3, -0.25) is 9.97 Å². The number of hydrogen-bond donors (Lipinski definition) is 0. The second-order valence-electron chi connectivity index (χ2n) is 14.2. The summed E-state index contributed by atoms with van der Waals surface area (Å²) in [6, 6.07) is 68.1. The molecule has 3 heteroatoms. The van der Waals surface area contributed by atoms with Gasteiger partial charge in [-0.25, -0.2) is 0 Å². The highest BCUT2D eigenvalue weighted by atomic mass is 15.0. The molecule has 0 fully saturated rings. The average Bonchev–Trinajstić information content (AvgIpc) is 3.60. The Kier molecular flexibility index (Phi) is 7.17. The van der Waals surface area contributed by atoms with Gasteiger partial charge < -0.3 is 4.57 Å². The lowest BCUT2D eigenvalue weighted by Gasteiger charge is -2.11. The maximum atomic E-state index is 4.77. The van der Waals surface area contributed by atoms with Gasteiger partial charge in [0.2, 0.25) is 0 Å². The van der Waals surface area contributed by atoms with Gasteiger partial charge in [0, 0.05) is 39.6 Å². The fourth-order valence-corrected chi connectivity index (χ4v) is 8.43. The molecule has 0 amide bonds. The summed E-state index contributed by atoms with van der Waals surface area (Å²) < 4.78 is 2.36. The Morgan fingerprint density at radius 2 is 0.727 bits per heavy atom. The smallest absolute Gasteiger partial charge is 0.0971 e. The lowest BCUT2D eigenvalue weighted by atomic mass is 9.94. The van der Waals surface area contributed by atoms with Gasteiger partial charge in [-0.2, -0.15) is 0 Å². The van der Waals surface area contributed by atoms with E-state index in [-0.39, 0.29) is 0 Å². The van der Waals surface area contributed by atoms with Crippen LogP contribution in [0.5, 0.6) is 0 Å². The van der Waals surface area contributed by atoms with Crippen LogP contribution in [0.1, 0.15) is 0 Å². The number of hydrogen-bond acceptors (Lipinski definition) is 2. The van der Waals surface area contributed by atoms with Gasteiger partial charge in [0.1, 0.15) is 0 Å². The molecule has 0 bridgehead atoms. The number of benzene rings is 9. The fourth-order valence-electron chi connectivity index (χ4n) is 8.43. The first-order valence-corrected chi connectivity index (χ1v) is 18.7. The molecule has 0 spiro atoms. The third-order valence-electron chi connectivity index (χ3n) is 11.1. The Balaban J connectivity index is 0.922. The minimum atomic E-state index is 0.937. The number of para-hydroxylation sites is 2. The average molecular weight is 700 g/mol. The number of aromatic nitrogens is 3. The van der Waals surface area contributed by atoms with Crippen LogP contribution in [0, 0.1) is 0 Å². The van der Waals surface area contributed by atoms with Crippen LogP contribution in [0.25, 0.3) is 105 Å². The minimum absolute atomic E-state index is 0.937. The van der Waals surface area contributed by atoms with E-state index in [2.05, 4.69) is 193 Å². The molecule has 11 rings (SSSR count). The summed E-state index contributed by atoms with van der Waals surface area (Å²) in [5, 5.41) is 7.17. The standard InChI is InChI=1S/C52H33N3/c1-2-14-42(15-3-1)55-49-19-7-6-17-45(49)47-32-41(25-27-50(47)55)39-13-9-12-38(31-39)37-11-8-10-36(30-37)34-20-22-35(23-21-34)40-24-26-44-43-16-4-5-18-46(43)51-52(48(44)33-40)54-29-28-53-51/h1-33H. The third kappa shape index (κ3) is 5.20. The van der Waals surface area contributed by atoms with E-state index in [1.54, 1.807) is 12.4 Å². The molecule has 0 atom stereocenters. The maximum absolute atomic E-state index is 4.77. The summed E-state index contributed by atoms with van der Waals surface area (Å²) in [4.78, 5) is 9.50. The van der Waals surface area contributed by atoms with Crippen LogP contribution in [0.2, 0.25) is 0 Å². The van der Waals surface area contributed by atoms with Crippen molar-refractivity contribution in [1.82, 2.24) is 14.5 Å². The SMILES string of the molecule is c1ccc(-n2c3ccccc3c3cc(-c4cccc(-c5cccc(-c6ccc(-c7ccc8c9ccccc9c9nccnc9c8c7)cc6)c5)c4)ccc32)cc1. The van der Waals surface area contributed by atoms with Crippen molar-refractivity contribution in [2.45, 2.75) is 0 Å². The minimum Gasteiger partial charge on any atom is -0.309 e. The first-order chi connectivity index (χ1) is 27.3. The molecule has 0 radical (unpaired) electrons. The number of fused-ring (bicyclic) bond motifs is 9. The number of nitrogens with zero attached hydrogens (tertiary/aromatic N) is 3. The molecule has 0 aliphatic heterocycles. The molecular weight excluding hydrogens is 667 g/mol. The lowest BCUT2D eigenvalue weighted by Crippen LogP contribution is -1.92. The van der Waals surface area contributed by atoms with Crippen LogP contribution in [0.3, 0.4) is 0 Å². The highest BCUT2D eigenvalue weighted by Crippen LogP contribution is 2.38. The van der Waals surface area contributed by atoms with Crippen molar-refractivity contribution in [3.8, 4) is 50.2 Å². The van der Waals surface area contributed by atoms with Crippen molar-refractivity contribution in [2.24, 2.45) is 0 Å². The number of rotatable bonds is 5. The van der Waals surface area contributed by atoms with E-state index in [1.807, 2.05) is 0 Å². The Labute approximate surface area is 318 Å².